The Kier molecular flexibility index (Phi) is 3.99. The van der Waals surface area contributed by atoms with Crippen molar-refractivity contribution >= 4 is 5.91 Å². The molecule has 1 aliphatic rings. The summed E-state index contributed by atoms with van der Waals surface area (Å²) in [5, 5.41) is 4.20. The quantitative estimate of drug-likeness (QED) is 0.869. The normalized spacial score (nSPS) is 18.7. The van der Waals surface area contributed by atoms with Gasteiger partial charge in [0, 0.05) is 18.7 Å². The van der Waals surface area contributed by atoms with Gasteiger partial charge in [-0.25, -0.2) is 9.67 Å². The lowest BCUT2D eigenvalue weighted by Gasteiger charge is -2.32. The first-order chi connectivity index (χ1) is 10.3. The molecule has 0 bridgehead atoms. The number of carbonyl (C=O) groups is 1. The van der Waals surface area contributed by atoms with E-state index in [2.05, 4.69) is 17.0 Å². The van der Waals surface area contributed by atoms with Crippen LogP contribution in [-0.4, -0.2) is 38.7 Å². The van der Waals surface area contributed by atoms with Crippen molar-refractivity contribution in [1.29, 1.82) is 0 Å². The molecule has 110 valence electrons. The van der Waals surface area contributed by atoms with Crippen molar-refractivity contribution in [3.8, 4) is 0 Å². The Hall–Kier alpha value is -2.17. The zero-order valence-electron chi connectivity index (χ0n) is 12.3. The Morgan fingerprint density at radius 2 is 2.14 bits per heavy atom. The van der Waals surface area contributed by atoms with Crippen LogP contribution in [0.1, 0.15) is 41.7 Å². The van der Waals surface area contributed by atoms with E-state index >= 15 is 0 Å². The van der Waals surface area contributed by atoms with E-state index in [1.165, 1.54) is 5.56 Å². The monoisotopic (exact) mass is 284 g/mol. The van der Waals surface area contributed by atoms with E-state index in [1.807, 2.05) is 33.8 Å². The SMILES string of the molecule is CCc1ccc(C(=O)N2CCC[C@@H](n3cncn3)C2)cc1. The molecule has 2 heterocycles. The summed E-state index contributed by atoms with van der Waals surface area (Å²) in [4.78, 5) is 18.5. The molecule has 1 fully saturated rings. The molecular formula is C16H20N4O. The molecule has 1 aromatic carbocycles. The van der Waals surface area contributed by atoms with Gasteiger partial charge in [-0.2, -0.15) is 5.10 Å². The number of aryl methyl sites for hydroxylation is 1. The predicted molar refractivity (Wildman–Crippen MR) is 80.0 cm³/mol. The highest BCUT2D eigenvalue weighted by molar-refractivity contribution is 5.94. The number of amides is 1. The minimum Gasteiger partial charge on any atom is -0.337 e. The topological polar surface area (TPSA) is 51.0 Å². The van der Waals surface area contributed by atoms with Gasteiger partial charge in [0.05, 0.1) is 6.04 Å². The molecule has 0 aliphatic carbocycles. The summed E-state index contributed by atoms with van der Waals surface area (Å²) in [5.74, 6) is 0.113. The smallest absolute Gasteiger partial charge is 0.253 e. The Morgan fingerprint density at radius 3 is 2.81 bits per heavy atom. The number of rotatable bonds is 3. The fourth-order valence-corrected chi connectivity index (χ4v) is 2.83. The third-order valence-corrected chi connectivity index (χ3v) is 4.10. The predicted octanol–water partition coefficient (Wildman–Crippen LogP) is 2.32. The number of nitrogens with zero attached hydrogens (tertiary/aromatic N) is 4. The highest BCUT2D eigenvalue weighted by Crippen LogP contribution is 2.22. The average Bonchev–Trinajstić information content (AvgIpc) is 3.09. The van der Waals surface area contributed by atoms with E-state index in [9.17, 15) is 4.79 Å². The van der Waals surface area contributed by atoms with Gasteiger partial charge >= 0.3 is 0 Å². The largest absolute Gasteiger partial charge is 0.337 e. The van der Waals surface area contributed by atoms with Crippen molar-refractivity contribution in [2.45, 2.75) is 32.2 Å². The number of benzene rings is 1. The lowest BCUT2D eigenvalue weighted by atomic mass is 10.0. The molecule has 5 nitrogen and oxygen atoms in total. The van der Waals surface area contributed by atoms with E-state index in [0.717, 1.165) is 31.4 Å². The molecule has 5 heteroatoms. The van der Waals surface area contributed by atoms with Crippen molar-refractivity contribution in [3.63, 3.8) is 0 Å². The molecule has 1 saturated heterocycles. The van der Waals surface area contributed by atoms with Gasteiger partial charge in [0.15, 0.2) is 0 Å². The molecular weight excluding hydrogens is 264 g/mol. The maximum atomic E-state index is 12.6. The Morgan fingerprint density at radius 1 is 1.33 bits per heavy atom. The number of piperidine rings is 1. The fourth-order valence-electron chi connectivity index (χ4n) is 2.83. The molecule has 1 aliphatic heterocycles. The van der Waals surface area contributed by atoms with Gasteiger partial charge in [0.2, 0.25) is 0 Å². The van der Waals surface area contributed by atoms with Crippen molar-refractivity contribution < 1.29 is 4.79 Å². The van der Waals surface area contributed by atoms with E-state index in [4.69, 9.17) is 0 Å². The lowest BCUT2D eigenvalue weighted by molar-refractivity contribution is 0.0672. The zero-order chi connectivity index (χ0) is 14.7. The van der Waals surface area contributed by atoms with Gasteiger partial charge < -0.3 is 4.90 Å². The van der Waals surface area contributed by atoms with Crippen LogP contribution in [0.5, 0.6) is 0 Å². The Labute approximate surface area is 124 Å². The molecule has 3 rings (SSSR count). The molecule has 1 aromatic heterocycles. The zero-order valence-corrected chi connectivity index (χ0v) is 12.3. The van der Waals surface area contributed by atoms with Gasteiger partial charge in [0.25, 0.3) is 5.91 Å². The molecule has 0 saturated carbocycles. The number of hydrogen-bond acceptors (Lipinski definition) is 3. The maximum absolute atomic E-state index is 12.6. The summed E-state index contributed by atoms with van der Waals surface area (Å²) in [6.45, 7) is 3.64. The van der Waals surface area contributed by atoms with Gasteiger partial charge in [-0.15, -0.1) is 0 Å². The summed E-state index contributed by atoms with van der Waals surface area (Å²) >= 11 is 0. The third-order valence-electron chi connectivity index (χ3n) is 4.10. The second-order valence-electron chi connectivity index (χ2n) is 5.47. The molecule has 2 aromatic rings. The Bertz CT molecular complexity index is 591. The van der Waals surface area contributed by atoms with Crippen molar-refractivity contribution in [3.05, 3.63) is 48.0 Å². The molecule has 1 atom stereocenters. The summed E-state index contributed by atoms with van der Waals surface area (Å²) in [5.41, 5.74) is 2.03. The van der Waals surface area contributed by atoms with E-state index in [1.54, 1.807) is 12.7 Å². The molecule has 0 unspecified atom stereocenters. The van der Waals surface area contributed by atoms with Gasteiger partial charge in [0.1, 0.15) is 12.7 Å². The molecule has 1 amide bonds. The average molecular weight is 284 g/mol. The summed E-state index contributed by atoms with van der Waals surface area (Å²) in [6.07, 6.45) is 6.32. The van der Waals surface area contributed by atoms with Crippen LogP contribution in [0.15, 0.2) is 36.9 Å². The van der Waals surface area contributed by atoms with E-state index in [0.29, 0.717) is 6.54 Å². The van der Waals surface area contributed by atoms with E-state index in [-0.39, 0.29) is 11.9 Å². The highest BCUT2D eigenvalue weighted by atomic mass is 16.2. The van der Waals surface area contributed by atoms with Crippen LogP contribution in [0, 0.1) is 0 Å². The number of carbonyl (C=O) groups excluding carboxylic acids is 1. The van der Waals surface area contributed by atoms with Crippen LogP contribution in [0.25, 0.3) is 0 Å². The second kappa shape index (κ2) is 6.08. The van der Waals surface area contributed by atoms with Crippen molar-refractivity contribution in [2.75, 3.05) is 13.1 Å². The van der Waals surface area contributed by atoms with Crippen LogP contribution in [0.3, 0.4) is 0 Å². The minimum absolute atomic E-state index is 0.113. The first-order valence-corrected chi connectivity index (χ1v) is 7.50. The number of likely N-dealkylation sites (tertiary alicyclic amines) is 1. The summed E-state index contributed by atoms with van der Waals surface area (Å²) < 4.78 is 1.86. The Balaban J connectivity index is 1.71. The molecule has 21 heavy (non-hydrogen) atoms. The molecule has 0 spiro atoms. The van der Waals surface area contributed by atoms with Gasteiger partial charge in [-0.1, -0.05) is 19.1 Å². The van der Waals surface area contributed by atoms with Gasteiger partial charge in [-0.05, 0) is 37.0 Å². The van der Waals surface area contributed by atoms with Crippen LogP contribution in [0.4, 0.5) is 0 Å². The number of aromatic nitrogens is 3. The third kappa shape index (κ3) is 2.96. The highest BCUT2D eigenvalue weighted by Gasteiger charge is 2.25. The number of hydrogen-bond donors (Lipinski definition) is 0. The second-order valence-corrected chi connectivity index (χ2v) is 5.47. The van der Waals surface area contributed by atoms with Crippen LogP contribution in [-0.2, 0) is 6.42 Å². The van der Waals surface area contributed by atoms with E-state index < -0.39 is 0 Å². The molecule has 0 N–H and O–H groups in total. The first kappa shape index (κ1) is 13.8. The van der Waals surface area contributed by atoms with Crippen molar-refractivity contribution in [1.82, 2.24) is 19.7 Å². The lowest BCUT2D eigenvalue weighted by Crippen LogP contribution is -2.40. The first-order valence-electron chi connectivity index (χ1n) is 7.50. The maximum Gasteiger partial charge on any atom is 0.253 e. The summed E-state index contributed by atoms with van der Waals surface area (Å²) in [7, 11) is 0. The van der Waals surface area contributed by atoms with Crippen molar-refractivity contribution in [2.24, 2.45) is 0 Å². The standard InChI is InChI=1S/C16H20N4O/c1-2-13-5-7-14(8-6-13)16(21)19-9-3-4-15(10-19)20-12-17-11-18-20/h5-8,11-12,15H,2-4,9-10H2,1H3/t15-/m1/s1. The fraction of sp³-hybridized carbons (Fsp3) is 0.438. The summed E-state index contributed by atoms with van der Waals surface area (Å²) in [6, 6.07) is 8.17. The van der Waals surface area contributed by atoms with Crippen LogP contribution < -0.4 is 0 Å². The van der Waals surface area contributed by atoms with Crippen LogP contribution >= 0.6 is 0 Å². The van der Waals surface area contributed by atoms with Crippen LogP contribution in [0.2, 0.25) is 0 Å². The minimum atomic E-state index is 0.113. The molecule has 0 radical (unpaired) electrons. The van der Waals surface area contributed by atoms with Gasteiger partial charge in [-0.3, -0.25) is 4.79 Å².